The maximum Gasteiger partial charge on any atom is 0.280 e. The zero-order valence-corrected chi connectivity index (χ0v) is 13.9. The molecule has 1 aliphatic heterocycles. The van der Waals surface area contributed by atoms with Crippen LogP contribution in [0.5, 0.6) is 0 Å². The van der Waals surface area contributed by atoms with Gasteiger partial charge in [0, 0.05) is 31.2 Å². The molecule has 2 aliphatic carbocycles. The van der Waals surface area contributed by atoms with Crippen LogP contribution in [0.2, 0.25) is 0 Å². The number of piperidine rings is 1. The molecule has 5 nitrogen and oxygen atoms in total. The van der Waals surface area contributed by atoms with Gasteiger partial charge in [-0.15, -0.1) is 0 Å². The Bertz CT molecular complexity index is 450. The lowest BCUT2D eigenvalue weighted by Crippen LogP contribution is -2.53. The van der Waals surface area contributed by atoms with Gasteiger partial charge in [0.05, 0.1) is 0 Å². The Kier molecular flexibility index (Phi) is 4.88. The van der Waals surface area contributed by atoms with Crippen LogP contribution in [0.15, 0.2) is 0 Å². The van der Waals surface area contributed by atoms with E-state index in [0.717, 1.165) is 45.1 Å². The Balaban J connectivity index is 1.55. The summed E-state index contributed by atoms with van der Waals surface area (Å²) in [6.07, 6.45) is 8.92. The summed E-state index contributed by atoms with van der Waals surface area (Å²) in [6.45, 7) is 3.65. The molecule has 122 valence electrons. The molecule has 3 aliphatic rings. The highest BCUT2D eigenvalue weighted by Crippen LogP contribution is 2.35. The minimum Gasteiger partial charge on any atom is -0.312 e. The summed E-state index contributed by atoms with van der Waals surface area (Å²) in [5, 5.41) is 3.49. The van der Waals surface area contributed by atoms with E-state index >= 15 is 0 Å². The van der Waals surface area contributed by atoms with Crippen LogP contribution >= 0.6 is 0 Å². The van der Waals surface area contributed by atoms with Gasteiger partial charge in [-0.2, -0.15) is 17.4 Å². The van der Waals surface area contributed by atoms with E-state index in [1.54, 1.807) is 4.31 Å². The van der Waals surface area contributed by atoms with Crippen LogP contribution in [0.1, 0.15) is 58.3 Å². The van der Waals surface area contributed by atoms with Crippen molar-refractivity contribution in [3.8, 4) is 0 Å². The summed E-state index contributed by atoms with van der Waals surface area (Å²) < 4.78 is 30.0. The second kappa shape index (κ2) is 6.52. The van der Waals surface area contributed by atoms with E-state index in [2.05, 4.69) is 17.0 Å². The summed E-state index contributed by atoms with van der Waals surface area (Å²) in [7, 11) is -3.30. The van der Waals surface area contributed by atoms with Crippen LogP contribution in [0, 0.1) is 5.92 Å². The molecule has 21 heavy (non-hydrogen) atoms. The zero-order valence-electron chi connectivity index (χ0n) is 13.1. The lowest BCUT2D eigenvalue weighted by Gasteiger charge is -2.35. The van der Waals surface area contributed by atoms with Crippen LogP contribution < -0.4 is 10.0 Å². The van der Waals surface area contributed by atoms with Crippen LogP contribution in [-0.4, -0.2) is 43.9 Å². The van der Waals surface area contributed by atoms with Gasteiger partial charge in [-0.25, -0.2) is 0 Å². The normalized spacial score (nSPS) is 34.0. The Morgan fingerprint density at radius 3 is 2.71 bits per heavy atom. The molecule has 0 bridgehead atoms. The van der Waals surface area contributed by atoms with Gasteiger partial charge in [0.25, 0.3) is 10.2 Å². The van der Waals surface area contributed by atoms with E-state index in [1.165, 1.54) is 12.8 Å². The van der Waals surface area contributed by atoms with Gasteiger partial charge in [-0.1, -0.05) is 19.8 Å². The topological polar surface area (TPSA) is 61.4 Å². The fraction of sp³-hybridized carbons (Fsp3) is 1.00. The second-order valence-corrected chi connectivity index (χ2v) is 8.61. The predicted molar refractivity (Wildman–Crippen MR) is 84.2 cm³/mol. The Labute approximate surface area is 129 Å². The van der Waals surface area contributed by atoms with Crippen molar-refractivity contribution in [2.45, 2.75) is 76.4 Å². The van der Waals surface area contributed by atoms with Gasteiger partial charge in [-0.3, -0.25) is 0 Å². The number of hydrogen-bond acceptors (Lipinski definition) is 3. The summed E-state index contributed by atoms with van der Waals surface area (Å²) in [5.74, 6) is 0.567. The van der Waals surface area contributed by atoms with Crippen LogP contribution in [0.3, 0.4) is 0 Å². The summed E-state index contributed by atoms with van der Waals surface area (Å²) in [6, 6.07) is 0.968. The molecule has 6 heteroatoms. The molecule has 0 aromatic rings. The first-order chi connectivity index (χ1) is 10.1. The first-order valence-electron chi connectivity index (χ1n) is 8.62. The third-order valence-electron chi connectivity index (χ3n) is 4.98. The van der Waals surface area contributed by atoms with Crippen molar-refractivity contribution in [1.82, 2.24) is 14.3 Å². The van der Waals surface area contributed by atoms with Crippen molar-refractivity contribution in [3.63, 3.8) is 0 Å². The van der Waals surface area contributed by atoms with Crippen LogP contribution in [-0.2, 0) is 10.2 Å². The Morgan fingerprint density at radius 2 is 2.00 bits per heavy atom. The van der Waals surface area contributed by atoms with E-state index in [0.29, 0.717) is 18.5 Å². The first-order valence-corrected chi connectivity index (χ1v) is 10.1. The molecule has 3 fully saturated rings. The fourth-order valence-corrected chi connectivity index (χ4v) is 5.17. The molecule has 0 aromatic carbocycles. The molecular formula is C15H29N3O2S. The third-order valence-corrected chi connectivity index (χ3v) is 6.68. The highest BCUT2D eigenvalue weighted by atomic mass is 32.2. The molecule has 1 saturated heterocycles. The van der Waals surface area contributed by atoms with E-state index in [-0.39, 0.29) is 12.1 Å². The van der Waals surface area contributed by atoms with Crippen molar-refractivity contribution in [2.75, 3.05) is 13.1 Å². The van der Waals surface area contributed by atoms with Crippen molar-refractivity contribution >= 4 is 10.2 Å². The number of nitrogens with zero attached hydrogens (tertiary/aromatic N) is 1. The maximum atomic E-state index is 12.6. The molecular weight excluding hydrogens is 286 g/mol. The minimum atomic E-state index is -3.30. The quantitative estimate of drug-likeness (QED) is 0.715. The van der Waals surface area contributed by atoms with E-state index in [4.69, 9.17) is 0 Å². The van der Waals surface area contributed by atoms with E-state index in [9.17, 15) is 8.42 Å². The molecule has 0 spiro atoms. The van der Waals surface area contributed by atoms with Gasteiger partial charge in [0.1, 0.15) is 0 Å². The Hall–Kier alpha value is -0.170. The average molecular weight is 315 g/mol. The summed E-state index contributed by atoms with van der Waals surface area (Å²) >= 11 is 0. The van der Waals surface area contributed by atoms with Crippen molar-refractivity contribution in [2.24, 2.45) is 5.92 Å². The third kappa shape index (κ3) is 4.18. The van der Waals surface area contributed by atoms with E-state index < -0.39 is 10.2 Å². The highest BCUT2D eigenvalue weighted by Gasteiger charge is 2.42. The number of rotatable bonds is 8. The lowest BCUT2D eigenvalue weighted by atomic mass is 10.1. The molecule has 3 unspecified atom stereocenters. The van der Waals surface area contributed by atoms with Crippen LogP contribution in [0.25, 0.3) is 0 Å². The minimum absolute atomic E-state index is 0.139. The standard InChI is InChI=1S/C15H29N3O2S/c1-2-5-12-10-15(12)17-21(19,20)18-9-4-3-6-14(18)11-16-13-7-8-13/h12-17H,2-11H2,1H3. The highest BCUT2D eigenvalue weighted by molar-refractivity contribution is 7.87. The van der Waals surface area contributed by atoms with Gasteiger partial charge >= 0.3 is 0 Å². The van der Waals surface area contributed by atoms with Crippen molar-refractivity contribution in [1.29, 1.82) is 0 Å². The SMILES string of the molecule is CCCC1CC1NS(=O)(=O)N1CCCCC1CNC1CC1. The maximum absolute atomic E-state index is 12.6. The molecule has 3 atom stereocenters. The average Bonchev–Trinajstić information content (AvgIpc) is 3.35. The summed E-state index contributed by atoms with van der Waals surface area (Å²) in [5.41, 5.74) is 0. The second-order valence-electron chi connectivity index (χ2n) is 6.96. The van der Waals surface area contributed by atoms with Gasteiger partial charge in [0.15, 0.2) is 0 Å². The fourth-order valence-electron chi connectivity index (χ4n) is 3.43. The number of hydrogen-bond donors (Lipinski definition) is 2. The monoisotopic (exact) mass is 315 g/mol. The molecule has 0 radical (unpaired) electrons. The van der Waals surface area contributed by atoms with Crippen LogP contribution in [0.4, 0.5) is 0 Å². The first kappa shape index (κ1) is 15.7. The largest absolute Gasteiger partial charge is 0.312 e. The zero-order chi connectivity index (χ0) is 14.9. The van der Waals surface area contributed by atoms with Gasteiger partial charge in [-0.05, 0) is 44.4 Å². The molecule has 1 heterocycles. The van der Waals surface area contributed by atoms with Gasteiger partial charge in [0.2, 0.25) is 0 Å². The smallest absolute Gasteiger partial charge is 0.280 e. The number of nitrogens with one attached hydrogen (secondary N) is 2. The molecule has 2 N–H and O–H groups in total. The molecule has 0 aromatic heterocycles. The van der Waals surface area contributed by atoms with E-state index in [1.807, 2.05) is 0 Å². The van der Waals surface area contributed by atoms with Crippen molar-refractivity contribution in [3.05, 3.63) is 0 Å². The molecule has 0 amide bonds. The summed E-state index contributed by atoms with van der Waals surface area (Å²) in [4.78, 5) is 0. The lowest BCUT2D eigenvalue weighted by molar-refractivity contribution is 0.242. The Morgan fingerprint density at radius 1 is 1.19 bits per heavy atom. The van der Waals surface area contributed by atoms with Crippen molar-refractivity contribution < 1.29 is 8.42 Å². The predicted octanol–water partition coefficient (Wildman–Crippen LogP) is 1.62. The molecule has 3 rings (SSSR count). The van der Waals surface area contributed by atoms with Gasteiger partial charge < -0.3 is 5.32 Å². The molecule has 2 saturated carbocycles.